The second-order valence-electron chi connectivity index (χ2n) is 8.00. The molecule has 3 aromatic rings. The Morgan fingerprint density at radius 1 is 0.735 bits per heavy atom. The van der Waals surface area contributed by atoms with E-state index in [9.17, 15) is 13.2 Å². The van der Waals surface area contributed by atoms with Crippen LogP contribution >= 0.6 is 0 Å². The van der Waals surface area contributed by atoms with Crippen LogP contribution in [-0.4, -0.2) is 58.1 Å². The Morgan fingerprint density at radius 2 is 1.26 bits per heavy atom. The Labute approximate surface area is 194 Å². The molecule has 34 heavy (non-hydrogen) atoms. The summed E-state index contributed by atoms with van der Waals surface area (Å²) in [7, 11) is 0. The number of alkyl halides is 3. The van der Waals surface area contributed by atoms with Crippen LogP contribution in [0.3, 0.4) is 0 Å². The van der Waals surface area contributed by atoms with Crippen molar-refractivity contribution in [3.8, 4) is 0 Å². The molecule has 1 aliphatic rings. The van der Waals surface area contributed by atoms with E-state index in [0.29, 0.717) is 12.1 Å². The number of aliphatic carboxylic acids is 2. The van der Waals surface area contributed by atoms with Gasteiger partial charge < -0.3 is 10.2 Å². The van der Waals surface area contributed by atoms with Crippen molar-refractivity contribution in [3.05, 3.63) is 83.4 Å². The molecule has 1 fully saturated rings. The number of halogens is 3. The third-order valence-electron chi connectivity index (χ3n) is 5.58. The molecule has 0 atom stereocenters. The molecule has 0 radical (unpaired) electrons. The molecule has 1 saturated heterocycles. The number of fused-ring (bicyclic) bond motifs is 1. The molecular weight excluding hydrogens is 449 g/mol. The maximum Gasteiger partial charge on any atom is 0.416 e. The zero-order valence-electron chi connectivity index (χ0n) is 18.3. The van der Waals surface area contributed by atoms with Crippen molar-refractivity contribution in [2.75, 3.05) is 26.2 Å². The van der Waals surface area contributed by atoms with E-state index in [1.165, 1.54) is 28.5 Å². The lowest BCUT2D eigenvalue weighted by atomic mass is 10.1. The van der Waals surface area contributed by atoms with Gasteiger partial charge >= 0.3 is 18.1 Å². The molecule has 3 aromatic carbocycles. The minimum absolute atomic E-state index is 0.347. The minimum Gasteiger partial charge on any atom is -0.473 e. The molecular formula is C25H25F3N2O4. The van der Waals surface area contributed by atoms with Gasteiger partial charge in [0.2, 0.25) is 0 Å². The predicted octanol–water partition coefficient (Wildman–Crippen LogP) is 4.33. The van der Waals surface area contributed by atoms with Gasteiger partial charge in [-0.25, -0.2) is 9.59 Å². The van der Waals surface area contributed by atoms with Gasteiger partial charge in [0, 0.05) is 39.3 Å². The lowest BCUT2D eigenvalue weighted by Crippen LogP contribution is -2.45. The van der Waals surface area contributed by atoms with Crippen LogP contribution in [0.15, 0.2) is 66.7 Å². The topological polar surface area (TPSA) is 81.1 Å². The molecule has 4 rings (SSSR count). The van der Waals surface area contributed by atoms with Gasteiger partial charge in [0.05, 0.1) is 5.56 Å². The first-order chi connectivity index (χ1) is 16.1. The number of carboxylic acids is 2. The van der Waals surface area contributed by atoms with Crippen LogP contribution in [-0.2, 0) is 28.9 Å². The van der Waals surface area contributed by atoms with Gasteiger partial charge in [-0.15, -0.1) is 0 Å². The van der Waals surface area contributed by atoms with Gasteiger partial charge in [0.25, 0.3) is 0 Å². The summed E-state index contributed by atoms with van der Waals surface area (Å²) < 4.78 is 39.6. The minimum atomic E-state index is -4.30. The summed E-state index contributed by atoms with van der Waals surface area (Å²) >= 11 is 0. The van der Waals surface area contributed by atoms with Crippen LogP contribution in [0.4, 0.5) is 13.2 Å². The molecule has 0 aromatic heterocycles. The van der Waals surface area contributed by atoms with Crippen molar-refractivity contribution in [2.45, 2.75) is 19.3 Å². The SMILES string of the molecule is FC(F)(F)c1ccccc1CN1CCN(Cc2ccc3ccccc3c2)CC1.O=C(O)C(=O)O. The molecule has 2 N–H and O–H groups in total. The predicted molar refractivity (Wildman–Crippen MR) is 121 cm³/mol. The molecule has 6 nitrogen and oxygen atoms in total. The van der Waals surface area contributed by atoms with Crippen molar-refractivity contribution < 1.29 is 33.0 Å². The third-order valence-corrected chi connectivity index (χ3v) is 5.58. The van der Waals surface area contributed by atoms with Gasteiger partial charge in [-0.3, -0.25) is 9.80 Å². The molecule has 0 spiro atoms. The average Bonchev–Trinajstić information content (AvgIpc) is 2.80. The van der Waals surface area contributed by atoms with Crippen LogP contribution in [0.5, 0.6) is 0 Å². The van der Waals surface area contributed by atoms with Gasteiger partial charge in [0.15, 0.2) is 0 Å². The third kappa shape index (κ3) is 7.03. The highest BCUT2D eigenvalue weighted by molar-refractivity contribution is 6.27. The van der Waals surface area contributed by atoms with E-state index in [1.54, 1.807) is 12.1 Å². The summed E-state index contributed by atoms with van der Waals surface area (Å²) in [5.74, 6) is -3.65. The van der Waals surface area contributed by atoms with Crippen molar-refractivity contribution in [1.82, 2.24) is 9.80 Å². The van der Waals surface area contributed by atoms with Gasteiger partial charge in [-0.2, -0.15) is 13.2 Å². The highest BCUT2D eigenvalue weighted by Crippen LogP contribution is 2.32. The van der Waals surface area contributed by atoms with E-state index in [-0.39, 0.29) is 0 Å². The zero-order chi connectivity index (χ0) is 24.7. The number of rotatable bonds is 4. The first kappa shape index (κ1) is 25.2. The largest absolute Gasteiger partial charge is 0.473 e. The summed E-state index contributed by atoms with van der Waals surface area (Å²) in [6, 6.07) is 20.7. The van der Waals surface area contributed by atoms with Crippen molar-refractivity contribution in [2.24, 2.45) is 0 Å². The van der Waals surface area contributed by atoms with Gasteiger partial charge in [0.1, 0.15) is 0 Å². The maximum atomic E-state index is 13.2. The number of benzene rings is 3. The maximum absolute atomic E-state index is 13.2. The fraction of sp³-hybridized carbons (Fsp3) is 0.280. The Bertz CT molecular complexity index is 1130. The average molecular weight is 474 g/mol. The number of nitrogens with zero attached hydrogens (tertiary/aromatic N) is 2. The first-order valence-corrected chi connectivity index (χ1v) is 10.7. The Kier molecular flexibility index (Phi) is 8.25. The smallest absolute Gasteiger partial charge is 0.416 e. The van der Waals surface area contributed by atoms with E-state index in [2.05, 4.69) is 40.1 Å². The normalized spacial score (nSPS) is 14.9. The molecule has 9 heteroatoms. The zero-order valence-corrected chi connectivity index (χ0v) is 18.3. The second kappa shape index (κ2) is 11.1. The lowest BCUT2D eigenvalue weighted by molar-refractivity contribution is -0.159. The van der Waals surface area contributed by atoms with E-state index in [4.69, 9.17) is 19.8 Å². The van der Waals surface area contributed by atoms with E-state index >= 15 is 0 Å². The quantitative estimate of drug-likeness (QED) is 0.548. The monoisotopic (exact) mass is 474 g/mol. The van der Waals surface area contributed by atoms with Crippen molar-refractivity contribution in [1.29, 1.82) is 0 Å². The molecule has 0 saturated carbocycles. The summed E-state index contributed by atoms with van der Waals surface area (Å²) in [4.78, 5) is 22.7. The molecule has 1 heterocycles. The highest BCUT2D eigenvalue weighted by atomic mass is 19.4. The fourth-order valence-electron chi connectivity index (χ4n) is 3.88. The Balaban J connectivity index is 0.000000481. The van der Waals surface area contributed by atoms with Crippen LogP contribution in [0.25, 0.3) is 10.8 Å². The molecule has 0 aliphatic carbocycles. The lowest BCUT2D eigenvalue weighted by Gasteiger charge is -2.35. The highest BCUT2D eigenvalue weighted by Gasteiger charge is 2.33. The number of piperazine rings is 1. The molecule has 0 unspecified atom stereocenters. The first-order valence-electron chi connectivity index (χ1n) is 10.7. The van der Waals surface area contributed by atoms with Gasteiger partial charge in [-0.05, 0) is 34.0 Å². The Morgan fingerprint density at radius 3 is 1.85 bits per heavy atom. The number of hydrogen-bond donors (Lipinski definition) is 2. The van der Waals surface area contributed by atoms with E-state index in [1.807, 2.05) is 12.1 Å². The molecule has 1 aliphatic heterocycles. The second-order valence-corrected chi connectivity index (χ2v) is 8.00. The molecule has 180 valence electrons. The Hall–Kier alpha value is -3.43. The van der Waals surface area contributed by atoms with Gasteiger partial charge in [-0.1, -0.05) is 54.6 Å². The van der Waals surface area contributed by atoms with Crippen molar-refractivity contribution >= 4 is 22.7 Å². The summed E-state index contributed by atoms with van der Waals surface area (Å²) in [6.45, 7) is 4.50. The molecule has 0 bridgehead atoms. The number of carboxylic acid groups (broad SMARTS) is 2. The summed E-state index contributed by atoms with van der Waals surface area (Å²) in [5, 5.41) is 17.3. The number of carbonyl (C=O) groups is 2. The summed E-state index contributed by atoms with van der Waals surface area (Å²) in [6.07, 6.45) is -4.30. The summed E-state index contributed by atoms with van der Waals surface area (Å²) in [5.41, 5.74) is 1.11. The standard InChI is InChI=1S/C23H23F3N2.C2H2O4/c24-23(25,26)22-8-4-3-7-21(22)17-28-13-11-27(12-14-28)16-18-9-10-19-5-1-2-6-20(19)15-18;3-1(4)2(5)6/h1-10,15H,11-14,16-17H2;(H,3,4)(H,5,6). The van der Waals surface area contributed by atoms with Crippen LogP contribution in [0.2, 0.25) is 0 Å². The van der Waals surface area contributed by atoms with Crippen LogP contribution < -0.4 is 0 Å². The van der Waals surface area contributed by atoms with Crippen LogP contribution in [0.1, 0.15) is 16.7 Å². The van der Waals surface area contributed by atoms with E-state index < -0.39 is 23.7 Å². The van der Waals surface area contributed by atoms with Crippen molar-refractivity contribution in [3.63, 3.8) is 0 Å². The number of hydrogen-bond acceptors (Lipinski definition) is 4. The van der Waals surface area contributed by atoms with E-state index in [0.717, 1.165) is 32.7 Å². The molecule has 0 amide bonds. The fourth-order valence-corrected chi connectivity index (χ4v) is 3.88. The van der Waals surface area contributed by atoms with Crippen LogP contribution in [0, 0.1) is 0 Å².